The summed E-state index contributed by atoms with van der Waals surface area (Å²) in [7, 11) is 1.50. The van der Waals surface area contributed by atoms with Crippen molar-refractivity contribution in [1.29, 1.82) is 0 Å². The number of alkyl halides is 3. The summed E-state index contributed by atoms with van der Waals surface area (Å²) in [5.41, 5.74) is 1.38. The molecule has 1 unspecified atom stereocenters. The van der Waals surface area contributed by atoms with Gasteiger partial charge < -0.3 is 9.47 Å². The van der Waals surface area contributed by atoms with Gasteiger partial charge in [0.2, 0.25) is 0 Å². The third kappa shape index (κ3) is 3.91. The molecule has 0 radical (unpaired) electrons. The Bertz CT molecular complexity index is 602. The van der Waals surface area contributed by atoms with Crippen LogP contribution in [0.3, 0.4) is 0 Å². The first-order chi connectivity index (χ1) is 10.0. The third-order valence-electron chi connectivity index (χ3n) is 2.86. The van der Waals surface area contributed by atoms with Crippen molar-refractivity contribution in [1.82, 2.24) is 0 Å². The third-order valence-corrected chi connectivity index (χ3v) is 3.88. The second-order valence-corrected chi connectivity index (χ2v) is 5.11. The largest absolute Gasteiger partial charge is 0.496 e. The van der Waals surface area contributed by atoms with Gasteiger partial charge in [0.15, 0.2) is 0 Å². The van der Waals surface area contributed by atoms with Crippen LogP contribution in [-0.4, -0.2) is 13.7 Å². The predicted molar refractivity (Wildman–Crippen MR) is 76.8 cm³/mol. The van der Waals surface area contributed by atoms with E-state index in [4.69, 9.17) is 4.74 Å². The summed E-state index contributed by atoms with van der Waals surface area (Å²) in [5.74, 6) is 0.221. The summed E-state index contributed by atoms with van der Waals surface area (Å²) in [4.78, 5) is -0.330. The molecule has 0 N–H and O–H groups in total. The van der Waals surface area contributed by atoms with Gasteiger partial charge in [-0.25, -0.2) is 4.39 Å². The number of benzene rings is 2. The standard InChI is InChI=1S/C15H12BrF3O2/c1-20-13-7-4-10(17)8-12(13)14(16)9-2-5-11(6-3-9)21-15(18)19/h2-8,14-15H,1H3. The lowest BCUT2D eigenvalue weighted by Gasteiger charge is -2.15. The van der Waals surface area contributed by atoms with Crippen LogP contribution in [0.4, 0.5) is 13.2 Å². The molecule has 0 aromatic heterocycles. The molecule has 2 rings (SSSR count). The lowest BCUT2D eigenvalue weighted by atomic mass is 10.0. The first-order valence-electron chi connectivity index (χ1n) is 6.03. The highest BCUT2D eigenvalue weighted by atomic mass is 79.9. The molecule has 0 saturated heterocycles. The van der Waals surface area contributed by atoms with Crippen LogP contribution in [0.15, 0.2) is 42.5 Å². The molecule has 2 nitrogen and oxygen atoms in total. The average Bonchev–Trinajstić information content (AvgIpc) is 2.46. The highest BCUT2D eigenvalue weighted by molar-refractivity contribution is 9.09. The number of hydrogen-bond donors (Lipinski definition) is 0. The molecule has 0 amide bonds. The molecule has 0 spiro atoms. The van der Waals surface area contributed by atoms with E-state index in [9.17, 15) is 13.2 Å². The van der Waals surface area contributed by atoms with Crippen molar-refractivity contribution in [3.63, 3.8) is 0 Å². The Morgan fingerprint density at radius 1 is 1.05 bits per heavy atom. The summed E-state index contributed by atoms with van der Waals surface area (Å²) in [6.45, 7) is -2.86. The van der Waals surface area contributed by atoms with Crippen molar-refractivity contribution >= 4 is 15.9 Å². The minimum absolute atomic E-state index is 0.0691. The first-order valence-corrected chi connectivity index (χ1v) is 6.95. The maximum atomic E-state index is 13.4. The van der Waals surface area contributed by atoms with E-state index in [1.54, 1.807) is 12.1 Å². The molecule has 6 heteroatoms. The summed E-state index contributed by atoms with van der Waals surface area (Å²) in [6, 6.07) is 10.3. The molecule has 0 aliphatic carbocycles. The van der Waals surface area contributed by atoms with Gasteiger partial charge in [0.25, 0.3) is 0 Å². The number of halogens is 4. The van der Waals surface area contributed by atoms with Gasteiger partial charge in [-0.2, -0.15) is 8.78 Å². The molecule has 0 heterocycles. The molecule has 0 aliphatic heterocycles. The molecule has 1 atom stereocenters. The van der Waals surface area contributed by atoms with E-state index in [0.29, 0.717) is 11.3 Å². The monoisotopic (exact) mass is 360 g/mol. The average molecular weight is 361 g/mol. The van der Waals surface area contributed by atoms with E-state index in [1.807, 2.05) is 0 Å². The molecular formula is C15H12BrF3O2. The summed E-state index contributed by atoms with van der Waals surface area (Å²) >= 11 is 3.46. The van der Waals surface area contributed by atoms with Crippen molar-refractivity contribution < 1.29 is 22.6 Å². The van der Waals surface area contributed by atoms with Crippen LogP contribution in [-0.2, 0) is 0 Å². The van der Waals surface area contributed by atoms with Crippen molar-refractivity contribution in [3.8, 4) is 11.5 Å². The van der Waals surface area contributed by atoms with Gasteiger partial charge in [-0.1, -0.05) is 28.1 Å². The van der Waals surface area contributed by atoms with Crippen LogP contribution in [0.25, 0.3) is 0 Å². The van der Waals surface area contributed by atoms with Gasteiger partial charge in [-0.05, 0) is 35.9 Å². The van der Waals surface area contributed by atoms with Gasteiger partial charge in [0, 0.05) is 5.56 Å². The maximum Gasteiger partial charge on any atom is 0.387 e. The Hall–Kier alpha value is -1.69. The van der Waals surface area contributed by atoms with Gasteiger partial charge in [-0.15, -0.1) is 0 Å². The molecule has 0 fully saturated rings. The van der Waals surface area contributed by atoms with Crippen LogP contribution in [0.5, 0.6) is 11.5 Å². The Morgan fingerprint density at radius 3 is 2.29 bits per heavy atom. The van der Waals surface area contributed by atoms with Crippen molar-refractivity contribution in [2.75, 3.05) is 7.11 Å². The smallest absolute Gasteiger partial charge is 0.387 e. The molecule has 21 heavy (non-hydrogen) atoms. The lowest BCUT2D eigenvalue weighted by molar-refractivity contribution is -0.0498. The maximum absolute atomic E-state index is 13.4. The molecule has 0 saturated carbocycles. The zero-order valence-corrected chi connectivity index (χ0v) is 12.6. The summed E-state index contributed by atoms with van der Waals surface area (Å²) < 4.78 is 47.1. The topological polar surface area (TPSA) is 18.5 Å². The summed E-state index contributed by atoms with van der Waals surface area (Å²) in [6.07, 6.45) is 0. The fourth-order valence-corrected chi connectivity index (χ4v) is 2.56. The molecule has 2 aromatic carbocycles. The lowest BCUT2D eigenvalue weighted by Crippen LogP contribution is -2.02. The number of rotatable bonds is 5. The van der Waals surface area contributed by atoms with E-state index in [-0.39, 0.29) is 16.4 Å². The fourth-order valence-electron chi connectivity index (χ4n) is 1.90. The van der Waals surface area contributed by atoms with E-state index in [1.165, 1.54) is 37.4 Å². The van der Waals surface area contributed by atoms with Gasteiger partial charge in [0.1, 0.15) is 17.3 Å². The Kier molecular flexibility index (Phi) is 5.12. The Morgan fingerprint density at radius 2 is 1.71 bits per heavy atom. The highest BCUT2D eigenvalue weighted by Crippen LogP contribution is 2.37. The quantitative estimate of drug-likeness (QED) is 0.704. The van der Waals surface area contributed by atoms with Crippen molar-refractivity contribution in [2.24, 2.45) is 0 Å². The predicted octanol–water partition coefficient (Wildman–Crippen LogP) is 4.92. The number of ether oxygens (including phenoxy) is 2. The number of hydrogen-bond acceptors (Lipinski definition) is 2. The fraction of sp³-hybridized carbons (Fsp3) is 0.200. The zero-order chi connectivity index (χ0) is 15.4. The second-order valence-electron chi connectivity index (χ2n) is 4.20. The minimum atomic E-state index is -2.86. The normalized spacial score (nSPS) is 12.3. The molecule has 112 valence electrons. The van der Waals surface area contributed by atoms with Crippen LogP contribution >= 0.6 is 15.9 Å². The second kappa shape index (κ2) is 6.85. The van der Waals surface area contributed by atoms with Crippen LogP contribution < -0.4 is 9.47 Å². The molecule has 0 aliphatic rings. The van der Waals surface area contributed by atoms with Gasteiger partial charge in [0.05, 0.1) is 11.9 Å². The van der Waals surface area contributed by atoms with Gasteiger partial charge >= 0.3 is 6.61 Å². The molecule has 0 bridgehead atoms. The highest BCUT2D eigenvalue weighted by Gasteiger charge is 2.16. The van der Waals surface area contributed by atoms with Crippen molar-refractivity contribution in [3.05, 3.63) is 59.4 Å². The van der Waals surface area contributed by atoms with Gasteiger partial charge in [-0.3, -0.25) is 0 Å². The first kappa shape index (κ1) is 15.7. The van der Waals surface area contributed by atoms with Crippen LogP contribution in [0.2, 0.25) is 0 Å². The van der Waals surface area contributed by atoms with E-state index < -0.39 is 6.61 Å². The van der Waals surface area contributed by atoms with Crippen molar-refractivity contribution in [2.45, 2.75) is 11.4 Å². The Labute approximate surface area is 128 Å². The Balaban J connectivity index is 2.27. The number of methoxy groups -OCH3 is 1. The molecular weight excluding hydrogens is 349 g/mol. The molecule has 2 aromatic rings. The van der Waals surface area contributed by atoms with E-state index >= 15 is 0 Å². The van der Waals surface area contributed by atoms with E-state index in [0.717, 1.165) is 5.56 Å². The van der Waals surface area contributed by atoms with E-state index in [2.05, 4.69) is 20.7 Å². The van der Waals surface area contributed by atoms with Crippen LogP contribution in [0.1, 0.15) is 16.0 Å². The SMILES string of the molecule is COc1ccc(F)cc1C(Br)c1ccc(OC(F)F)cc1. The zero-order valence-electron chi connectivity index (χ0n) is 11.0. The summed E-state index contributed by atoms with van der Waals surface area (Å²) in [5, 5.41) is 0. The minimum Gasteiger partial charge on any atom is -0.496 e. The van der Waals surface area contributed by atoms with Crippen LogP contribution in [0, 0.1) is 5.82 Å².